The van der Waals surface area contributed by atoms with Crippen molar-refractivity contribution in [2.75, 3.05) is 31.2 Å². The number of fused-ring (bicyclic) bond motifs is 1. The number of nitrogens with zero attached hydrogens (tertiary/aromatic N) is 4. The van der Waals surface area contributed by atoms with Crippen LogP contribution in [0.4, 0.5) is 5.69 Å². The zero-order chi connectivity index (χ0) is 41.1. The first-order valence-electron chi connectivity index (χ1n) is 18.4. The van der Waals surface area contributed by atoms with Crippen LogP contribution in [-0.2, 0) is 34.3 Å². The van der Waals surface area contributed by atoms with E-state index in [9.17, 15) is 21.6 Å². The number of nitrogens with one attached hydrogen (secondary N) is 2. The maximum Gasteiger partial charge on any atom is 0.261 e. The Morgan fingerprint density at radius 3 is 2.49 bits per heavy atom. The predicted molar refractivity (Wildman–Crippen MR) is 224 cm³/mol. The molecule has 0 radical (unpaired) electrons. The van der Waals surface area contributed by atoms with Crippen LogP contribution >= 0.6 is 34.8 Å². The smallest absolute Gasteiger partial charge is 0.261 e. The second kappa shape index (κ2) is 17.7. The minimum atomic E-state index is -3.97. The highest BCUT2D eigenvalue weighted by atomic mass is 35.5. The number of ether oxygens (including phenoxy) is 2. The van der Waals surface area contributed by atoms with Crippen molar-refractivity contribution in [1.29, 1.82) is 0 Å². The Hall–Kier alpha value is -3.61. The SMILES string of the molecule is BCN1N(CC(C(=O)NC2=CC(C(C)(C)C)=CCC2OCCCOC2=CCC(NS(=O)(=O)c3cc(Cl)c(Cl)cc3Cl)C=C2)n2cccn2)c2ccccc2S1(=O)=O. The fourth-order valence-corrected chi connectivity index (χ4v) is 10.5. The van der Waals surface area contributed by atoms with Crippen LogP contribution in [0.1, 0.15) is 46.1 Å². The molecule has 3 aromatic rings. The van der Waals surface area contributed by atoms with Crippen molar-refractivity contribution in [3.63, 3.8) is 0 Å². The molecule has 0 bridgehead atoms. The lowest BCUT2D eigenvalue weighted by molar-refractivity contribution is -0.124. The molecule has 0 saturated heterocycles. The zero-order valence-corrected chi connectivity index (χ0v) is 35.8. The quantitative estimate of drug-likeness (QED) is 0.110. The van der Waals surface area contributed by atoms with Crippen molar-refractivity contribution >= 4 is 74.3 Å². The molecule has 1 amide bonds. The molecular formula is C38H44BCl3N6O7S2. The number of amides is 1. The van der Waals surface area contributed by atoms with Gasteiger partial charge in [0.2, 0.25) is 10.0 Å². The topological polar surface area (TPSA) is 152 Å². The number of anilines is 1. The highest BCUT2D eigenvalue weighted by Crippen LogP contribution is 2.38. The molecule has 2 N–H and O–H groups in total. The van der Waals surface area contributed by atoms with Crippen LogP contribution in [0.3, 0.4) is 0 Å². The number of para-hydroxylation sites is 1. The van der Waals surface area contributed by atoms with Gasteiger partial charge in [-0.15, -0.1) is 4.41 Å². The van der Waals surface area contributed by atoms with Gasteiger partial charge in [-0.1, -0.05) is 79.9 Å². The van der Waals surface area contributed by atoms with Gasteiger partial charge in [0.05, 0.1) is 40.5 Å². The molecule has 0 saturated carbocycles. The van der Waals surface area contributed by atoms with Crippen molar-refractivity contribution in [1.82, 2.24) is 24.2 Å². The highest BCUT2D eigenvalue weighted by Gasteiger charge is 2.42. The summed E-state index contributed by atoms with van der Waals surface area (Å²) in [5, 5.41) is 9.33. The van der Waals surface area contributed by atoms with Crippen molar-refractivity contribution in [3.05, 3.63) is 117 Å². The summed E-state index contributed by atoms with van der Waals surface area (Å²) in [7, 11) is -6.01. The van der Waals surface area contributed by atoms with E-state index < -0.39 is 38.2 Å². The van der Waals surface area contributed by atoms with Crippen LogP contribution in [0.25, 0.3) is 0 Å². The van der Waals surface area contributed by atoms with Gasteiger partial charge in [0, 0.05) is 37.0 Å². The molecule has 304 valence electrons. The Labute approximate surface area is 349 Å². The molecule has 2 heterocycles. The molecule has 13 nitrogen and oxygen atoms in total. The van der Waals surface area contributed by atoms with Crippen LogP contribution in [0, 0.1) is 5.41 Å². The third-order valence-electron chi connectivity index (χ3n) is 9.59. The van der Waals surface area contributed by atoms with Gasteiger partial charge in [-0.25, -0.2) is 21.6 Å². The summed E-state index contributed by atoms with van der Waals surface area (Å²) >= 11 is 18.1. The normalized spacial score (nSPS) is 20.0. The number of benzene rings is 2. The zero-order valence-electron chi connectivity index (χ0n) is 31.9. The van der Waals surface area contributed by atoms with E-state index in [2.05, 4.69) is 42.0 Å². The van der Waals surface area contributed by atoms with Crippen molar-refractivity contribution in [3.8, 4) is 0 Å². The second-order valence-corrected chi connectivity index (χ2v) is 19.3. The molecule has 3 atom stereocenters. The monoisotopic (exact) mass is 876 g/mol. The maximum atomic E-state index is 14.3. The molecule has 3 unspecified atom stereocenters. The van der Waals surface area contributed by atoms with Gasteiger partial charge >= 0.3 is 0 Å². The third kappa shape index (κ3) is 9.82. The number of halogens is 3. The Balaban J connectivity index is 1.06. The van der Waals surface area contributed by atoms with Gasteiger partial charge in [0.25, 0.3) is 15.9 Å². The van der Waals surface area contributed by atoms with E-state index in [1.54, 1.807) is 73.8 Å². The lowest BCUT2D eigenvalue weighted by Gasteiger charge is -2.33. The molecule has 6 rings (SSSR count). The van der Waals surface area contributed by atoms with Gasteiger partial charge in [-0.3, -0.25) is 14.5 Å². The number of allylic oxidation sites excluding steroid dienone is 3. The lowest BCUT2D eigenvalue weighted by Crippen LogP contribution is -2.48. The Kier molecular flexibility index (Phi) is 13.4. The number of carbonyl (C=O) groups excluding carboxylic acids is 1. The minimum Gasteiger partial charge on any atom is -0.494 e. The first-order valence-corrected chi connectivity index (χ1v) is 22.5. The average molecular weight is 878 g/mol. The number of rotatable bonds is 15. The molecule has 0 spiro atoms. The summed E-state index contributed by atoms with van der Waals surface area (Å²) < 4.78 is 70.4. The fourth-order valence-electron chi connectivity index (χ4n) is 6.64. The minimum absolute atomic E-state index is 0.0121. The van der Waals surface area contributed by atoms with E-state index >= 15 is 0 Å². The molecule has 2 aromatic carbocycles. The molecule has 1 aromatic heterocycles. The van der Waals surface area contributed by atoms with Crippen molar-refractivity contribution in [2.45, 2.75) is 68.0 Å². The number of aromatic nitrogens is 2. The molecular weight excluding hydrogens is 834 g/mol. The molecule has 0 fully saturated rings. The Morgan fingerprint density at radius 2 is 1.81 bits per heavy atom. The van der Waals surface area contributed by atoms with Crippen molar-refractivity contribution < 1.29 is 31.1 Å². The largest absolute Gasteiger partial charge is 0.494 e. The summed E-state index contributed by atoms with van der Waals surface area (Å²) in [6.45, 7) is 6.97. The van der Waals surface area contributed by atoms with E-state index in [-0.39, 0.29) is 49.2 Å². The van der Waals surface area contributed by atoms with Crippen LogP contribution in [0.5, 0.6) is 0 Å². The number of hydrazine groups is 1. The van der Waals surface area contributed by atoms with Crippen LogP contribution in [-0.4, -0.2) is 83.1 Å². The summed E-state index contributed by atoms with van der Waals surface area (Å²) in [6.07, 6.45) is 13.7. The average Bonchev–Trinajstić information content (AvgIpc) is 3.76. The predicted octanol–water partition coefficient (Wildman–Crippen LogP) is 5.76. The van der Waals surface area contributed by atoms with E-state index in [0.29, 0.717) is 49.6 Å². The molecule has 57 heavy (non-hydrogen) atoms. The third-order valence-corrected chi connectivity index (χ3v) is 14.2. The standard InChI is InChI=1S/C38H44BCl3N6O7S2/c1-38(2,3)25-10-15-34(55-19-7-18-54-27-13-11-26(12-14-27)45-56(50,51)36-22-29(41)28(40)21-30(36)42)31(20-25)44-37(49)33(46-17-6-16-43-46)23-47-32-8-4-5-9-35(32)57(52,53)48(47)24-39/h4-6,8-11,13-14,16-17,20-22,26,33-34,45H,7,12,15,18-19,23-24,39H2,1-3H3,(H,44,49). The van der Waals surface area contributed by atoms with Crippen molar-refractivity contribution in [2.24, 2.45) is 5.41 Å². The van der Waals surface area contributed by atoms with Gasteiger partial charge in [-0.2, -0.15) is 5.10 Å². The van der Waals surface area contributed by atoms with Gasteiger partial charge in [0.15, 0.2) is 0 Å². The first kappa shape index (κ1) is 43.0. The maximum absolute atomic E-state index is 14.3. The summed E-state index contributed by atoms with van der Waals surface area (Å²) in [6, 6.07) is 9.57. The molecule has 19 heteroatoms. The van der Waals surface area contributed by atoms with E-state index in [1.807, 2.05) is 6.08 Å². The van der Waals surface area contributed by atoms with E-state index in [1.165, 1.54) is 21.2 Å². The Bertz CT molecular complexity index is 2330. The summed E-state index contributed by atoms with van der Waals surface area (Å²) in [4.78, 5) is 14.3. The summed E-state index contributed by atoms with van der Waals surface area (Å²) in [5.74, 6) is 0.229. The number of hydrogen-bond donors (Lipinski definition) is 2. The highest BCUT2D eigenvalue weighted by molar-refractivity contribution is 7.90. The second-order valence-electron chi connectivity index (χ2n) is 14.6. The van der Waals surface area contributed by atoms with Gasteiger partial charge in [-0.05, 0) is 72.4 Å². The van der Waals surface area contributed by atoms with E-state index in [4.69, 9.17) is 44.3 Å². The fraction of sp³-hybridized carbons (Fsp3) is 0.368. The van der Waals surface area contributed by atoms with Crippen LogP contribution < -0.4 is 15.0 Å². The molecule has 2 aliphatic carbocycles. The number of hydrogen-bond acceptors (Lipinski definition) is 9. The Morgan fingerprint density at radius 1 is 1.05 bits per heavy atom. The lowest BCUT2D eigenvalue weighted by atomic mass is 9.82. The first-order chi connectivity index (χ1) is 27.0. The van der Waals surface area contributed by atoms with Crippen LogP contribution in [0.2, 0.25) is 15.1 Å². The molecule has 1 aliphatic heterocycles. The number of carbonyl (C=O) groups is 1. The van der Waals surface area contributed by atoms with E-state index in [0.717, 1.165) is 5.57 Å². The number of sulfonamides is 2. The van der Waals surface area contributed by atoms with Gasteiger partial charge < -0.3 is 14.8 Å². The molecule has 3 aliphatic rings. The van der Waals surface area contributed by atoms with Crippen LogP contribution in [0.15, 0.2) is 112 Å². The van der Waals surface area contributed by atoms with Gasteiger partial charge in [0.1, 0.15) is 35.5 Å². The summed E-state index contributed by atoms with van der Waals surface area (Å²) in [5.41, 5.74) is 1.95.